The first-order valence-electron chi connectivity index (χ1n) is 33.2. The molecule has 1 heterocycles. The maximum atomic E-state index is 3.75. The molecule has 0 aliphatic heterocycles. The molecular weight excluding hydrogens is 2500 g/mol. The Morgan fingerprint density at radius 1 is 0.261 bits per heavy atom. The van der Waals surface area contributed by atoms with Crippen LogP contribution in [0.1, 0.15) is 49.9 Å². The zero-order valence-electron chi connectivity index (χ0n) is 62.6. The van der Waals surface area contributed by atoms with Gasteiger partial charge in [0.15, 0.2) is 0 Å². The highest BCUT2D eigenvalue weighted by molar-refractivity contribution is 9.54. The van der Waals surface area contributed by atoms with E-state index < -0.39 is 0 Å². The van der Waals surface area contributed by atoms with Gasteiger partial charge >= 0.3 is 0 Å². The van der Waals surface area contributed by atoms with Gasteiger partial charge in [0.2, 0.25) is 0 Å². The van der Waals surface area contributed by atoms with E-state index in [-0.39, 0.29) is 206 Å². The van der Waals surface area contributed by atoms with Crippen LogP contribution in [0.15, 0.2) is 182 Å². The molecule has 0 fully saturated rings. The monoisotopic (exact) mass is 2610 g/mol. The van der Waals surface area contributed by atoms with Gasteiger partial charge in [-0.25, -0.2) is 0 Å². The lowest BCUT2D eigenvalue weighted by Crippen LogP contribution is -2.16. The molecule has 61 heteroatoms. The lowest BCUT2D eigenvalue weighted by Gasteiger charge is -2.60. The maximum Gasteiger partial charge on any atom is 0.0547 e. The van der Waals surface area contributed by atoms with Gasteiger partial charge in [0.25, 0.3) is 0 Å². The van der Waals surface area contributed by atoms with E-state index in [0.29, 0.717) is 0 Å². The molecule has 0 amide bonds. The van der Waals surface area contributed by atoms with E-state index in [2.05, 4.69) is 487 Å². The van der Waals surface area contributed by atoms with Crippen molar-refractivity contribution >= 4 is 510 Å². The summed E-state index contributed by atoms with van der Waals surface area (Å²) in [6.45, 7) is 3.45. The van der Waals surface area contributed by atoms with E-state index in [1.165, 1.54) is 77.4 Å². The van der Waals surface area contributed by atoms with Crippen LogP contribution < -0.4 is 4.90 Å². The number of aromatic nitrogens is 1. The minimum absolute atomic E-state index is 0.0668. The van der Waals surface area contributed by atoms with Crippen LogP contribution in [-0.2, 0) is 10.8 Å². The van der Waals surface area contributed by atoms with Crippen molar-refractivity contribution in [2.24, 2.45) is 0 Å². The highest BCUT2D eigenvalue weighted by Crippen LogP contribution is 3.48. The zero-order valence-corrected chi connectivity index (χ0v) is 123. The average Bonchev–Trinajstić information content (AvgIpc) is 1.38. The first kappa shape index (κ1) is 116. The van der Waals surface area contributed by atoms with Crippen molar-refractivity contribution in [2.45, 2.75) is 38.5 Å². The molecule has 2 aliphatic carbocycles. The molecule has 0 saturated carbocycles. The van der Waals surface area contributed by atoms with Crippen molar-refractivity contribution in [2.75, 3.05) is 4.90 Å². The predicted molar refractivity (Wildman–Crippen MR) is 729 cm³/mol. The molecule has 34 unspecified atom stereocenters. The zero-order chi connectivity index (χ0) is 84.6. The molecule has 0 saturated heterocycles. The molecule has 624 valence electrons. The fourth-order valence-corrected chi connectivity index (χ4v) is 860. The summed E-state index contributed by atoms with van der Waals surface area (Å²) in [5.74, 6) is 0. The second kappa shape index (κ2) is 54.4. The number of rotatable bonds is 33. The fourth-order valence-electron chi connectivity index (χ4n) is 13.5. The maximum absolute atomic E-state index is 3.75. The third kappa shape index (κ3) is 28.2. The summed E-state index contributed by atoms with van der Waals surface area (Å²) >= 11 is 0. The number of anilines is 3. The minimum atomic E-state index is -0.250. The number of fused-ring (bicyclic) bond motifs is 9. The Morgan fingerprint density at radius 3 is 0.930 bits per heavy atom. The Bertz CT molecular complexity index is 4450. The summed E-state index contributed by atoms with van der Waals surface area (Å²) < 4.78 is 2.41. The molecule has 2 nitrogen and oxygen atoms in total. The lowest BCUT2D eigenvalue weighted by atomic mass is 9.82. The summed E-state index contributed by atoms with van der Waals surface area (Å²) in [5, 5.41) is 2.51. The van der Waals surface area contributed by atoms with E-state index >= 15 is 0 Å². The second-order valence-corrected chi connectivity index (χ2v) is 267. The summed E-state index contributed by atoms with van der Waals surface area (Å²) in [7, 11) is 107. The molecule has 9 aromatic rings. The number of nitrogens with zero attached hydrogens (tertiary/aromatic N) is 2. The molecule has 8 aromatic carbocycles. The molecule has 0 bridgehead atoms. The van der Waals surface area contributed by atoms with Crippen molar-refractivity contribution in [1.29, 1.82) is 0 Å². The largest absolute Gasteiger partial charge is 0.310 e. The third-order valence-electron chi connectivity index (χ3n) is 17.9. The normalized spacial score (nSPS) is 15.3. The standard InChI is InChI=1S/C54H42N2.H61P59/c1-53(2)46-22-12-8-19-40(46)44-33-37(27-30-48(44)53)55(38-28-31-49-45(34-38)41-20-9-13-23-47(41)54(49,3)4)50-24-14-10-18-39(50)35-26-29-43-42-21-11-15-25-51(42)56(52(43)32-35)36-16-6-5-7-17-36;1-31-46(30)54(47(32(2)3)33(4)5)58(55(48(34(6)7)35(8)9)49(36(10)11)37(12)13)59(56(50(38(14)15)39(16)17)51(40(18)19)41(20)21)57(52(42(22)23)43(24)25)53(44(26)27)45(28)29/h5-34H,1-4H3;31H,1-30H2. The van der Waals surface area contributed by atoms with Crippen molar-refractivity contribution < 1.29 is 0 Å². The SMILES string of the molecule is CC1(C)c2ccccc2-c2cc(N(c3ccc4c(c3)-c3ccccc3C4(C)C)c3ccccc3-c3ccc4c5ccccc5n(-c5ccccc5)c4c3)ccc21.PPP(P)P(P(P(P)P)P(P)P)P(P(P(P(P)P)P(P)P)P(P(P)P)P(P)P)P(P(P(P(P)P)P(P)P)P(P(P)P)P(P)P)P(P(P(P)P)P(P)P)P(P(P)P)P(P)P. The number of hydrogen-bond acceptors (Lipinski definition) is 1. The number of hydrogen-bond donors (Lipinski definition) is 0. The van der Waals surface area contributed by atoms with Crippen LogP contribution >= 0.6 is 471 Å². The van der Waals surface area contributed by atoms with E-state index in [4.69, 9.17) is 0 Å². The van der Waals surface area contributed by atoms with Gasteiger partial charge in [-0.3, -0.25) is 0 Å². The average molecular weight is 2610 g/mol. The van der Waals surface area contributed by atoms with Crippen LogP contribution in [-0.4, -0.2) is 4.57 Å². The first-order valence-corrected chi connectivity index (χ1v) is 140. The first-order chi connectivity index (χ1) is 54.2. The smallest absolute Gasteiger partial charge is 0.0547 e. The highest BCUT2D eigenvalue weighted by Gasteiger charge is 2.61. The second-order valence-electron chi connectivity index (χ2n) is 25.9. The number of para-hydroxylation sites is 3. The van der Waals surface area contributed by atoms with Gasteiger partial charge in [0, 0.05) is 44.2 Å². The highest BCUT2D eigenvalue weighted by atomic mass is 33.6. The molecular formula is C54H103N2P59. The van der Waals surface area contributed by atoms with Crippen molar-refractivity contribution in [3.05, 3.63) is 204 Å². The van der Waals surface area contributed by atoms with Gasteiger partial charge in [-0.1, -0.05) is 163 Å². The molecule has 0 radical (unpaired) electrons. The Balaban J connectivity index is 0.000000243. The fraction of sp³-hybridized carbons (Fsp3) is 0.111. The van der Waals surface area contributed by atoms with Gasteiger partial charge in [-0.2, -0.15) is 0 Å². The van der Waals surface area contributed by atoms with E-state index in [1.807, 2.05) is 0 Å². The van der Waals surface area contributed by atoms with Gasteiger partial charge in [-0.05, 0) is 300 Å². The van der Waals surface area contributed by atoms with Gasteiger partial charge in [0.1, 0.15) is 0 Å². The third-order valence-corrected chi connectivity index (χ3v) is 429. The Hall–Kier alpha value is 18.7. The molecule has 11 rings (SSSR count). The van der Waals surface area contributed by atoms with Crippen LogP contribution in [0.25, 0.3) is 60.9 Å². The van der Waals surface area contributed by atoms with Crippen LogP contribution in [0.2, 0.25) is 0 Å². The molecule has 0 N–H and O–H groups in total. The van der Waals surface area contributed by atoms with Gasteiger partial charge in [-0.15, -0.1) is 268 Å². The van der Waals surface area contributed by atoms with Crippen molar-refractivity contribution in [3.8, 4) is 39.1 Å². The Labute approximate surface area is 791 Å². The van der Waals surface area contributed by atoms with Crippen LogP contribution in [0.5, 0.6) is 0 Å². The lowest BCUT2D eigenvalue weighted by molar-refractivity contribution is 0.660. The summed E-state index contributed by atoms with van der Waals surface area (Å²) in [6, 6.07) is 67.6. The van der Waals surface area contributed by atoms with Crippen LogP contribution in [0.3, 0.4) is 0 Å². The van der Waals surface area contributed by atoms with Gasteiger partial charge < -0.3 is 9.47 Å². The van der Waals surface area contributed by atoms with Crippen LogP contribution in [0.4, 0.5) is 17.1 Å². The Morgan fingerprint density at radius 2 is 0.557 bits per heavy atom. The molecule has 2 aliphatic rings. The van der Waals surface area contributed by atoms with Crippen LogP contribution in [0, 0.1) is 0 Å². The predicted octanol–water partition coefficient (Wildman–Crippen LogP) is 49.0. The van der Waals surface area contributed by atoms with Gasteiger partial charge in [0.05, 0.1) is 16.7 Å². The summed E-state index contributed by atoms with van der Waals surface area (Å²) in [4.78, 5) is 2.49. The summed E-state index contributed by atoms with van der Waals surface area (Å²) in [5.41, 5.74) is 20.0. The number of benzene rings is 8. The minimum Gasteiger partial charge on any atom is -0.310 e. The van der Waals surface area contributed by atoms with E-state index in [9.17, 15) is 0 Å². The quantitative estimate of drug-likeness (QED) is 0.0372. The Kier molecular flexibility index (Phi) is 54.7. The van der Waals surface area contributed by atoms with Crippen molar-refractivity contribution in [1.82, 2.24) is 4.57 Å². The molecule has 34 atom stereocenters. The summed E-state index contributed by atoms with van der Waals surface area (Å²) in [6.07, 6.45) is 0. The molecule has 0 spiro atoms. The van der Waals surface area contributed by atoms with Crippen molar-refractivity contribution in [3.63, 3.8) is 0 Å². The van der Waals surface area contributed by atoms with E-state index in [1.54, 1.807) is 0 Å². The molecule has 1 aromatic heterocycles. The van der Waals surface area contributed by atoms with E-state index in [0.717, 1.165) is 30.7 Å². The molecule has 115 heavy (non-hydrogen) atoms. The topological polar surface area (TPSA) is 8.17 Å².